The van der Waals surface area contributed by atoms with Crippen molar-refractivity contribution in [3.8, 4) is 0 Å². The second-order valence-corrected chi connectivity index (χ2v) is 10.0. The maximum Gasteiger partial charge on any atom is 0.252 e. The van der Waals surface area contributed by atoms with Crippen LogP contribution in [0.15, 0.2) is 54.6 Å². The molecule has 4 rings (SSSR count). The van der Waals surface area contributed by atoms with E-state index in [1.807, 2.05) is 76.2 Å². The minimum Gasteiger partial charge on any atom is -0.384 e. The van der Waals surface area contributed by atoms with Gasteiger partial charge in [0.25, 0.3) is 5.91 Å². The first-order valence-electron chi connectivity index (χ1n) is 14.1. The van der Waals surface area contributed by atoms with E-state index in [1.54, 1.807) is 6.07 Å². The third kappa shape index (κ3) is 6.92. The molecular weight excluding hydrogens is 514 g/mol. The maximum absolute atomic E-state index is 13.5. The van der Waals surface area contributed by atoms with Crippen molar-refractivity contribution >= 4 is 46.1 Å². The highest BCUT2D eigenvalue weighted by Crippen LogP contribution is 2.29. The number of aromatic nitrogens is 3. The molecule has 2 amide bonds. The summed E-state index contributed by atoms with van der Waals surface area (Å²) in [6, 6.07) is 16.6. The number of hydrogen-bond acceptors (Lipinski definition) is 6. The topological polar surface area (TPSA) is 129 Å². The van der Waals surface area contributed by atoms with Crippen molar-refractivity contribution in [2.24, 2.45) is 0 Å². The molecule has 0 fully saturated rings. The standard InChI is InChI=1S/C32H39N7O2/c1-6-22(26-18-28(33)38-30-29(26)35-21(5)36-30)16-24-17-23(15-14-20(24)4)31(40)37-27(32(41)34-7-2)19-39(8-3)25-12-10-9-11-13-25/h9-18,27H,6-8,19H2,1-5H3,(H,34,41)(H,37,40)(H3,33,35,36,38)/b22-16+. The average molecular weight is 554 g/mol. The number of anilines is 2. The fourth-order valence-electron chi connectivity index (χ4n) is 4.88. The number of aryl methyl sites for hydroxylation is 2. The van der Waals surface area contributed by atoms with Gasteiger partial charge in [-0.05, 0) is 81.1 Å². The second-order valence-electron chi connectivity index (χ2n) is 10.0. The predicted octanol–water partition coefficient (Wildman–Crippen LogP) is 4.87. The Hall–Kier alpha value is -4.66. The summed E-state index contributed by atoms with van der Waals surface area (Å²) in [4.78, 5) is 40.7. The van der Waals surface area contributed by atoms with Crippen molar-refractivity contribution in [3.63, 3.8) is 0 Å². The van der Waals surface area contributed by atoms with E-state index < -0.39 is 6.04 Å². The number of carbonyl (C=O) groups is 2. The van der Waals surface area contributed by atoms with Gasteiger partial charge in [-0.2, -0.15) is 0 Å². The minimum absolute atomic E-state index is 0.218. The van der Waals surface area contributed by atoms with Crippen LogP contribution >= 0.6 is 0 Å². The monoisotopic (exact) mass is 553 g/mol. The van der Waals surface area contributed by atoms with E-state index in [9.17, 15) is 9.59 Å². The number of amides is 2. The fraction of sp³-hybridized carbons (Fsp3) is 0.312. The summed E-state index contributed by atoms with van der Waals surface area (Å²) in [5, 5.41) is 5.84. The summed E-state index contributed by atoms with van der Waals surface area (Å²) in [6.45, 7) is 11.4. The summed E-state index contributed by atoms with van der Waals surface area (Å²) >= 11 is 0. The molecule has 2 aromatic carbocycles. The Labute approximate surface area is 241 Å². The number of nitrogens with zero attached hydrogens (tertiary/aromatic N) is 3. The zero-order chi connectivity index (χ0) is 29.5. The molecule has 0 saturated heterocycles. The highest BCUT2D eigenvalue weighted by molar-refractivity contribution is 5.99. The lowest BCUT2D eigenvalue weighted by molar-refractivity contribution is -0.122. The number of likely N-dealkylation sites (N-methyl/N-ethyl adjacent to an activating group) is 2. The number of rotatable bonds is 11. The summed E-state index contributed by atoms with van der Waals surface area (Å²) in [6.07, 6.45) is 2.81. The number of allylic oxidation sites excluding steroid dienone is 1. The zero-order valence-electron chi connectivity index (χ0n) is 24.4. The van der Waals surface area contributed by atoms with E-state index in [0.29, 0.717) is 36.7 Å². The van der Waals surface area contributed by atoms with Crippen molar-refractivity contribution in [2.75, 3.05) is 30.3 Å². The summed E-state index contributed by atoms with van der Waals surface area (Å²) in [7, 11) is 0. The fourth-order valence-corrected chi connectivity index (χ4v) is 4.88. The number of para-hydroxylation sites is 1. The molecule has 0 aliphatic carbocycles. The van der Waals surface area contributed by atoms with Crippen LogP contribution in [0.4, 0.5) is 11.5 Å². The van der Waals surface area contributed by atoms with Crippen LogP contribution in [0.2, 0.25) is 0 Å². The molecule has 0 radical (unpaired) electrons. The molecule has 0 bridgehead atoms. The lowest BCUT2D eigenvalue weighted by Gasteiger charge is -2.28. The molecule has 1 atom stereocenters. The van der Waals surface area contributed by atoms with Crippen molar-refractivity contribution in [3.05, 3.63) is 82.7 Å². The van der Waals surface area contributed by atoms with E-state index in [1.165, 1.54) is 0 Å². The highest BCUT2D eigenvalue weighted by Gasteiger charge is 2.24. The number of aromatic amines is 1. The van der Waals surface area contributed by atoms with Crippen LogP contribution < -0.4 is 21.3 Å². The average Bonchev–Trinajstić information content (AvgIpc) is 3.34. The lowest BCUT2D eigenvalue weighted by Crippen LogP contribution is -2.52. The first-order valence-corrected chi connectivity index (χ1v) is 14.1. The van der Waals surface area contributed by atoms with E-state index in [2.05, 4.69) is 43.5 Å². The molecule has 0 saturated carbocycles. The molecule has 0 spiro atoms. The van der Waals surface area contributed by atoms with Crippen LogP contribution in [0, 0.1) is 13.8 Å². The first-order chi connectivity index (χ1) is 19.7. The van der Waals surface area contributed by atoms with Gasteiger partial charge in [-0.15, -0.1) is 0 Å². The summed E-state index contributed by atoms with van der Waals surface area (Å²) in [5.41, 5.74) is 12.9. The number of hydrogen-bond donors (Lipinski definition) is 4. The number of carbonyl (C=O) groups excluding carboxylic acids is 2. The number of nitrogens with two attached hydrogens (primary N) is 1. The number of pyridine rings is 1. The third-order valence-electron chi connectivity index (χ3n) is 7.08. The molecule has 2 aromatic heterocycles. The van der Waals surface area contributed by atoms with Crippen LogP contribution in [0.3, 0.4) is 0 Å². The van der Waals surface area contributed by atoms with Crippen LogP contribution in [0.1, 0.15) is 60.1 Å². The maximum atomic E-state index is 13.5. The third-order valence-corrected chi connectivity index (χ3v) is 7.08. The van der Waals surface area contributed by atoms with Gasteiger partial charge in [0.1, 0.15) is 17.7 Å². The number of fused-ring (bicyclic) bond motifs is 1. The smallest absolute Gasteiger partial charge is 0.252 e. The number of benzene rings is 2. The zero-order valence-corrected chi connectivity index (χ0v) is 24.4. The summed E-state index contributed by atoms with van der Waals surface area (Å²) in [5.74, 6) is 0.638. The van der Waals surface area contributed by atoms with Gasteiger partial charge in [0, 0.05) is 36.4 Å². The molecule has 0 aliphatic heterocycles. The Bertz CT molecular complexity index is 1560. The number of H-pyrrole nitrogens is 1. The molecular formula is C32H39N7O2. The van der Waals surface area contributed by atoms with Crippen molar-refractivity contribution in [1.29, 1.82) is 0 Å². The van der Waals surface area contributed by atoms with E-state index in [-0.39, 0.29) is 11.8 Å². The van der Waals surface area contributed by atoms with Gasteiger partial charge in [-0.1, -0.05) is 37.3 Å². The van der Waals surface area contributed by atoms with E-state index >= 15 is 0 Å². The van der Waals surface area contributed by atoms with E-state index in [0.717, 1.165) is 45.7 Å². The van der Waals surface area contributed by atoms with Crippen LogP contribution in [-0.2, 0) is 4.79 Å². The Morgan fingerprint density at radius 3 is 2.49 bits per heavy atom. The quantitative estimate of drug-likeness (QED) is 0.210. The van der Waals surface area contributed by atoms with Crippen LogP contribution in [0.5, 0.6) is 0 Å². The van der Waals surface area contributed by atoms with Crippen LogP contribution in [0.25, 0.3) is 22.8 Å². The number of nitrogens with one attached hydrogen (secondary N) is 3. The Morgan fingerprint density at radius 1 is 1.05 bits per heavy atom. The van der Waals surface area contributed by atoms with Gasteiger partial charge in [-0.25, -0.2) is 9.97 Å². The Kier molecular flexibility index (Phi) is 9.39. The van der Waals surface area contributed by atoms with Gasteiger partial charge in [0.05, 0.1) is 5.52 Å². The highest BCUT2D eigenvalue weighted by atomic mass is 16.2. The molecule has 41 heavy (non-hydrogen) atoms. The second kappa shape index (κ2) is 13.1. The molecule has 9 heteroatoms. The van der Waals surface area contributed by atoms with Crippen molar-refractivity contribution < 1.29 is 9.59 Å². The first kappa shape index (κ1) is 29.3. The molecule has 5 N–H and O–H groups in total. The van der Waals surface area contributed by atoms with Gasteiger partial charge >= 0.3 is 0 Å². The molecule has 0 aliphatic rings. The number of nitrogen functional groups attached to an aromatic ring is 1. The predicted molar refractivity (Wildman–Crippen MR) is 167 cm³/mol. The summed E-state index contributed by atoms with van der Waals surface area (Å²) < 4.78 is 0. The molecule has 2 heterocycles. The van der Waals surface area contributed by atoms with Crippen LogP contribution in [-0.4, -0.2) is 52.4 Å². The molecule has 4 aromatic rings. The van der Waals surface area contributed by atoms with Crippen molar-refractivity contribution in [1.82, 2.24) is 25.6 Å². The molecule has 214 valence electrons. The van der Waals surface area contributed by atoms with Gasteiger partial charge in [-0.3, -0.25) is 9.59 Å². The number of imidazole rings is 1. The normalized spacial score (nSPS) is 12.3. The lowest BCUT2D eigenvalue weighted by atomic mass is 9.97. The van der Waals surface area contributed by atoms with Crippen molar-refractivity contribution in [2.45, 2.75) is 47.1 Å². The molecule has 9 nitrogen and oxygen atoms in total. The largest absolute Gasteiger partial charge is 0.384 e. The Morgan fingerprint density at radius 2 is 1.80 bits per heavy atom. The minimum atomic E-state index is -0.731. The SMILES string of the molecule is CCNC(=O)C(CN(CC)c1ccccc1)NC(=O)c1ccc(C)c(/C=C(\CC)c2cc(N)nc3nc(C)[nH]c23)c1. The van der Waals surface area contributed by atoms with Gasteiger partial charge < -0.3 is 26.3 Å². The Balaban J connectivity index is 1.64. The van der Waals surface area contributed by atoms with Gasteiger partial charge in [0.15, 0.2) is 5.65 Å². The van der Waals surface area contributed by atoms with Gasteiger partial charge in [0.2, 0.25) is 5.91 Å². The molecule has 1 unspecified atom stereocenters. The van der Waals surface area contributed by atoms with E-state index in [4.69, 9.17) is 5.73 Å².